The van der Waals surface area contributed by atoms with E-state index in [9.17, 15) is 9.90 Å². The van der Waals surface area contributed by atoms with Crippen LogP contribution in [-0.2, 0) is 17.8 Å². The molecule has 5 heteroatoms. The Morgan fingerprint density at radius 1 is 1.19 bits per heavy atom. The van der Waals surface area contributed by atoms with Crippen LogP contribution in [0.1, 0.15) is 18.5 Å². The number of aliphatic hydroxyl groups excluding tert-OH is 1. The monoisotopic (exact) mass is 349 g/mol. The summed E-state index contributed by atoms with van der Waals surface area (Å²) in [6, 6.07) is 15.9. The quantitative estimate of drug-likeness (QED) is 0.719. The maximum absolute atomic E-state index is 12.7. The van der Waals surface area contributed by atoms with E-state index in [0.717, 1.165) is 29.4 Å². The zero-order valence-corrected chi connectivity index (χ0v) is 14.6. The first-order chi connectivity index (χ1) is 12.7. The summed E-state index contributed by atoms with van der Waals surface area (Å²) in [5.74, 6) is 0.297. The number of amides is 1. The maximum atomic E-state index is 12.7. The van der Waals surface area contributed by atoms with Crippen LogP contribution in [0.3, 0.4) is 0 Å². The molecule has 3 aromatic rings. The lowest BCUT2D eigenvalue weighted by atomic mass is 9.76. The fourth-order valence-electron chi connectivity index (χ4n) is 3.72. The number of benzene rings is 1. The highest BCUT2D eigenvalue weighted by Gasteiger charge is 2.35. The third-order valence-corrected chi connectivity index (χ3v) is 5.21. The number of rotatable bonds is 6. The van der Waals surface area contributed by atoms with Gasteiger partial charge in [-0.05, 0) is 48.4 Å². The van der Waals surface area contributed by atoms with Crippen LogP contribution in [-0.4, -0.2) is 32.7 Å². The van der Waals surface area contributed by atoms with Gasteiger partial charge in [-0.25, -0.2) is 0 Å². The van der Waals surface area contributed by atoms with Crippen LogP contribution in [0.25, 0.3) is 10.9 Å². The number of hydrogen-bond acceptors (Lipinski definition) is 3. The lowest BCUT2D eigenvalue weighted by Gasteiger charge is -2.38. The molecule has 0 spiro atoms. The van der Waals surface area contributed by atoms with Crippen molar-refractivity contribution in [3.63, 3.8) is 0 Å². The Morgan fingerprint density at radius 3 is 2.77 bits per heavy atom. The van der Waals surface area contributed by atoms with Crippen molar-refractivity contribution in [1.29, 1.82) is 0 Å². The van der Waals surface area contributed by atoms with Gasteiger partial charge in [0, 0.05) is 36.1 Å². The van der Waals surface area contributed by atoms with Gasteiger partial charge in [0.15, 0.2) is 0 Å². The van der Waals surface area contributed by atoms with E-state index < -0.39 is 0 Å². The molecule has 134 valence electrons. The van der Waals surface area contributed by atoms with Crippen molar-refractivity contribution in [2.75, 3.05) is 0 Å². The van der Waals surface area contributed by atoms with Gasteiger partial charge in [-0.15, -0.1) is 0 Å². The minimum atomic E-state index is -0.239. The fourth-order valence-corrected chi connectivity index (χ4v) is 3.72. The molecular weight excluding hydrogens is 326 g/mol. The number of pyridine rings is 1. The second-order valence-electron chi connectivity index (χ2n) is 7.09. The van der Waals surface area contributed by atoms with Crippen LogP contribution < -0.4 is 5.32 Å². The molecule has 2 N–H and O–H groups in total. The minimum Gasteiger partial charge on any atom is -0.393 e. The Morgan fingerprint density at radius 2 is 2.00 bits per heavy atom. The first-order valence-electron chi connectivity index (χ1n) is 9.10. The molecule has 5 nitrogen and oxygen atoms in total. The molecule has 26 heavy (non-hydrogen) atoms. The lowest BCUT2D eigenvalue weighted by molar-refractivity contribution is -0.123. The molecule has 0 bridgehead atoms. The Kier molecular flexibility index (Phi) is 4.71. The Labute approximate surface area is 152 Å². The molecule has 1 aliphatic carbocycles. The van der Waals surface area contributed by atoms with Crippen LogP contribution in [0.15, 0.2) is 60.9 Å². The van der Waals surface area contributed by atoms with E-state index in [4.69, 9.17) is 0 Å². The van der Waals surface area contributed by atoms with Crippen LogP contribution in [0.4, 0.5) is 0 Å². The van der Waals surface area contributed by atoms with E-state index in [1.807, 2.05) is 59.3 Å². The largest absolute Gasteiger partial charge is 0.393 e. The molecule has 4 rings (SSSR count). The minimum absolute atomic E-state index is 0.00243. The smallest absolute Gasteiger partial charge is 0.240 e. The van der Waals surface area contributed by atoms with Gasteiger partial charge in [-0.2, -0.15) is 0 Å². The van der Waals surface area contributed by atoms with Crippen molar-refractivity contribution in [1.82, 2.24) is 14.9 Å². The molecule has 1 fully saturated rings. The van der Waals surface area contributed by atoms with E-state index in [0.29, 0.717) is 18.9 Å². The zero-order valence-electron chi connectivity index (χ0n) is 14.6. The van der Waals surface area contributed by atoms with Crippen molar-refractivity contribution < 1.29 is 9.90 Å². The van der Waals surface area contributed by atoms with Gasteiger partial charge in [-0.1, -0.05) is 24.3 Å². The molecule has 2 aromatic heterocycles. The van der Waals surface area contributed by atoms with Gasteiger partial charge in [0.2, 0.25) is 5.91 Å². The molecule has 1 aliphatic rings. The third kappa shape index (κ3) is 3.63. The third-order valence-electron chi connectivity index (χ3n) is 5.21. The van der Waals surface area contributed by atoms with E-state index >= 15 is 0 Å². The number of aromatic nitrogens is 2. The zero-order chi connectivity index (χ0) is 17.9. The van der Waals surface area contributed by atoms with Crippen molar-refractivity contribution in [2.45, 2.75) is 38.0 Å². The SMILES string of the molecule is O=C(Cn1ccc2ccccc21)N[C@@H](Cc1ccccn1)C1CC(O)C1. The average molecular weight is 349 g/mol. The van der Waals surface area contributed by atoms with Crippen LogP contribution in [0.5, 0.6) is 0 Å². The van der Waals surface area contributed by atoms with Crippen molar-refractivity contribution >= 4 is 16.8 Å². The molecule has 0 unspecified atom stereocenters. The van der Waals surface area contributed by atoms with Crippen LogP contribution in [0, 0.1) is 5.92 Å². The molecule has 1 atom stereocenters. The normalized spacial score (nSPS) is 20.5. The molecule has 0 saturated heterocycles. The number of para-hydroxylation sites is 1. The second kappa shape index (κ2) is 7.30. The molecule has 2 heterocycles. The molecule has 1 amide bonds. The molecule has 1 saturated carbocycles. The lowest BCUT2D eigenvalue weighted by Crippen LogP contribution is -2.49. The van der Waals surface area contributed by atoms with E-state index in [1.165, 1.54) is 0 Å². The van der Waals surface area contributed by atoms with E-state index in [-0.39, 0.29) is 18.1 Å². The Hall–Kier alpha value is -2.66. The fraction of sp³-hybridized carbons (Fsp3) is 0.333. The Balaban J connectivity index is 1.45. The van der Waals surface area contributed by atoms with Gasteiger partial charge >= 0.3 is 0 Å². The summed E-state index contributed by atoms with van der Waals surface area (Å²) in [6.07, 6.45) is 5.66. The summed E-state index contributed by atoms with van der Waals surface area (Å²) in [7, 11) is 0. The standard InChI is InChI=1S/C21H23N3O2/c25-18-11-16(12-18)19(13-17-6-3-4-9-22-17)23-21(26)14-24-10-8-15-5-1-2-7-20(15)24/h1-10,16,18-19,25H,11-14H2,(H,23,26)/t16?,18?,19-/m0/s1. The second-order valence-corrected chi connectivity index (χ2v) is 7.09. The van der Waals surface area contributed by atoms with Gasteiger partial charge < -0.3 is 15.0 Å². The summed E-state index contributed by atoms with van der Waals surface area (Å²) >= 11 is 0. The van der Waals surface area contributed by atoms with E-state index in [2.05, 4.69) is 10.3 Å². The maximum Gasteiger partial charge on any atom is 0.240 e. The van der Waals surface area contributed by atoms with Crippen molar-refractivity contribution in [2.24, 2.45) is 5.92 Å². The van der Waals surface area contributed by atoms with Gasteiger partial charge in [0.1, 0.15) is 6.54 Å². The van der Waals surface area contributed by atoms with Crippen LogP contribution in [0.2, 0.25) is 0 Å². The molecule has 1 aromatic carbocycles. The highest BCUT2D eigenvalue weighted by atomic mass is 16.3. The first-order valence-corrected chi connectivity index (χ1v) is 9.10. The van der Waals surface area contributed by atoms with Crippen molar-refractivity contribution in [3.8, 4) is 0 Å². The number of hydrogen-bond donors (Lipinski definition) is 2. The highest BCUT2D eigenvalue weighted by Crippen LogP contribution is 2.31. The summed E-state index contributed by atoms with van der Waals surface area (Å²) in [6.45, 7) is 0.293. The van der Waals surface area contributed by atoms with Crippen molar-refractivity contribution in [3.05, 3.63) is 66.6 Å². The van der Waals surface area contributed by atoms with Crippen LogP contribution >= 0.6 is 0 Å². The average Bonchev–Trinajstić information content (AvgIpc) is 3.02. The first kappa shape index (κ1) is 16.8. The highest BCUT2D eigenvalue weighted by molar-refractivity contribution is 5.83. The predicted molar refractivity (Wildman–Crippen MR) is 101 cm³/mol. The number of aliphatic hydroxyl groups is 1. The molecular formula is C21H23N3O2. The predicted octanol–water partition coefficient (Wildman–Crippen LogP) is 2.53. The number of nitrogens with one attached hydrogen (secondary N) is 1. The number of carbonyl (C=O) groups excluding carboxylic acids is 1. The Bertz CT molecular complexity index is 884. The van der Waals surface area contributed by atoms with Gasteiger partial charge in [0.25, 0.3) is 0 Å². The molecule has 0 radical (unpaired) electrons. The number of nitrogens with zero attached hydrogens (tertiary/aromatic N) is 2. The molecule has 0 aliphatic heterocycles. The van der Waals surface area contributed by atoms with E-state index in [1.54, 1.807) is 6.20 Å². The number of carbonyl (C=O) groups is 1. The van der Waals surface area contributed by atoms with Gasteiger partial charge in [-0.3, -0.25) is 9.78 Å². The summed E-state index contributed by atoms with van der Waals surface area (Å²) in [5.41, 5.74) is 2.02. The summed E-state index contributed by atoms with van der Waals surface area (Å²) in [5, 5.41) is 14.0. The topological polar surface area (TPSA) is 67.2 Å². The summed E-state index contributed by atoms with van der Waals surface area (Å²) < 4.78 is 1.97. The number of fused-ring (bicyclic) bond motifs is 1. The summed E-state index contributed by atoms with van der Waals surface area (Å²) in [4.78, 5) is 17.0. The van der Waals surface area contributed by atoms with Gasteiger partial charge in [0.05, 0.1) is 6.10 Å².